The number of imide groups is 1. The van der Waals surface area contributed by atoms with E-state index in [-0.39, 0.29) is 23.0 Å². The Labute approximate surface area is 202 Å². The topological polar surface area (TPSA) is 75.7 Å². The summed E-state index contributed by atoms with van der Waals surface area (Å²) in [6, 6.07) is 15.3. The Balaban J connectivity index is 1.44. The molecular weight excluding hydrogens is 481 g/mol. The molecule has 3 amide bonds. The molecule has 1 heterocycles. The Morgan fingerprint density at radius 1 is 0.971 bits per heavy atom. The third-order valence-corrected chi connectivity index (χ3v) is 5.80. The third kappa shape index (κ3) is 5.90. The second kappa shape index (κ2) is 10.5. The lowest BCUT2D eigenvalue weighted by Crippen LogP contribution is -2.36. The van der Waals surface area contributed by atoms with Crippen LogP contribution in [0.5, 0.6) is 5.75 Å². The summed E-state index contributed by atoms with van der Waals surface area (Å²) in [4.78, 5) is 38.2. The molecule has 10 heteroatoms. The van der Waals surface area contributed by atoms with Crippen molar-refractivity contribution in [3.63, 3.8) is 0 Å². The summed E-state index contributed by atoms with van der Waals surface area (Å²) >= 11 is 0.652. The number of thioether (sulfide) groups is 1. The lowest BCUT2D eigenvalue weighted by atomic mass is 10.1. The molecule has 1 fully saturated rings. The molecule has 3 aromatic carbocycles. The van der Waals surface area contributed by atoms with Gasteiger partial charge in [-0.1, -0.05) is 30.3 Å². The van der Waals surface area contributed by atoms with Crippen LogP contribution >= 0.6 is 11.8 Å². The highest BCUT2D eigenvalue weighted by Crippen LogP contribution is 2.34. The standard InChI is InChI=1S/C25H17F3N2O4S/c26-17-7-5-15(6-8-17)14-34-21-4-2-1-3-16(21)11-22-24(32)30(25(33)35-22)13-23(31)29-20-10-9-18(27)12-19(20)28/h1-12H,13-14H2,(H,29,31)/b22-11-. The smallest absolute Gasteiger partial charge is 0.294 e. The number of hydrogen-bond acceptors (Lipinski definition) is 5. The minimum atomic E-state index is -0.982. The van der Waals surface area contributed by atoms with Crippen LogP contribution in [0, 0.1) is 17.5 Å². The molecule has 0 unspecified atom stereocenters. The molecule has 178 valence electrons. The lowest BCUT2D eigenvalue weighted by molar-refractivity contribution is -0.127. The third-order valence-electron chi connectivity index (χ3n) is 4.89. The van der Waals surface area contributed by atoms with Crippen molar-refractivity contribution in [3.05, 3.63) is 100 Å². The number of ether oxygens (including phenoxy) is 1. The Bertz CT molecular complexity index is 1330. The van der Waals surface area contributed by atoms with Gasteiger partial charge >= 0.3 is 0 Å². The summed E-state index contributed by atoms with van der Waals surface area (Å²) in [6.07, 6.45) is 1.47. The molecular formula is C25H17F3N2O4S. The zero-order valence-electron chi connectivity index (χ0n) is 18.0. The fourth-order valence-electron chi connectivity index (χ4n) is 3.17. The first kappa shape index (κ1) is 24.1. The molecule has 1 N–H and O–H groups in total. The number of nitrogens with zero attached hydrogens (tertiary/aromatic N) is 1. The largest absolute Gasteiger partial charge is 0.488 e. The molecule has 0 radical (unpaired) electrons. The predicted molar refractivity (Wildman–Crippen MR) is 125 cm³/mol. The highest BCUT2D eigenvalue weighted by Gasteiger charge is 2.36. The number of carbonyl (C=O) groups is 3. The number of nitrogens with one attached hydrogen (secondary N) is 1. The number of amides is 3. The zero-order chi connectivity index (χ0) is 24.9. The van der Waals surface area contributed by atoms with Crippen LogP contribution in [0.25, 0.3) is 6.08 Å². The van der Waals surface area contributed by atoms with E-state index in [0.717, 1.165) is 22.6 Å². The average molecular weight is 498 g/mol. The zero-order valence-corrected chi connectivity index (χ0v) is 18.8. The summed E-state index contributed by atoms with van der Waals surface area (Å²) in [5, 5.41) is 1.55. The van der Waals surface area contributed by atoms with Gasteiger partial charge in [-0.15, -0.1) is 0 Å². The molecule has 35 heavy (non-hydrogen) atoms. The second-order valence-corrected chi connectivity index (χ2v) is 8.39. The summed E-state index contributed by atoms with van der Waals surface area (Å²) in [7, 11) is 0. The van der Waals surface area contributed by atoms with Gasteiger partial charge in [0.1, 0.15) is 36.4 Å². The van der Waals surface area contributed by atoms with E-state index in [1.807, 2.05) is 0 Å². The highest BCUT2D eigenvalue weighted by molar-refractivity contribution is 8.18. The van der Waals surface area contributed by atoms with Crippen LogP contribution in [-0.2, 0) is 16.2 Å². The van der Waals surface area contributed by atoms with E-state index in [1.165, 1.54) is 18.2 Å². The quantitative estimate of drug-likeness (QED) is 0.444. The minimum absolute atomic E-state index is 0.0774. The van der Waals surface area contributed by atoms with Crippen LogP contribution in [0.4, 0.5) is 23.7 Å². The Kier molecular flexibility index (Phi) is 7.21. The maximum atomic E-state index is 13.8. The molecule has 0 atom stereocenters. The van der Waals surface area contributed by atoms with Crippen LogP contribution in [0.2, 0.25) is 0 Å². The number of benzene rings is 3. The first-order valence-electron chi connectivity index (χ1n) is 10.3. The van der Waals surface area contributed by atoms with Crippen molar-refractivity contribution in [1.82, 2.24) is 4.90 Å². The Morgan fingerprint density at radius 3 is 2.43 bits per heavy atom. The number of halogens is 3. The summed E-state index contributed by atoms with van der Waals surface area (Å²) in [5.74, 6) is -3.22. The fraction of sp³-hybridized carbons (Fsp3) is 0.0800. The molecule has 1 aliphatic rings. The molecule has 3 aromatic rings. The normalized spacial score (nSPS) is 14.5. The summed E-state index contributed by atoms with van der Waals surface area (Å²) in [6.45, 7) is -0.478. The molecule has 1 saturated heterocycles. The van der Waals surface area contributed by atoms with E-state index >= 15 is 0 Å². The van der Waals surface area contributed by atoms with Gasteiger partial charge in [-0.05, 0) is 53.7 Å². The summed E-state index contributed by atoms with van der Waals surface area (Å²) < 4.78 is 45.7. The number of para-hydroxylation sites is 1. The Hall–Kier alpha value is -4.05. The van der Waals surface area contributed by atoms with Crippen LogP contribution in [0.3, 0.4) is 0 Å². The predicted octanol–water partition coefficient (Wildman–Crippen LogP) is 5.36. The van der Waals surface area contributed by atoms with Crippen molar-refractivity contribution in [2.75, 3.05) is 11.9 Å². The van der Waals surface area contributed by atoms with Gasteiger partial charge in [0.05, 0.1) is 10.6 Å². The highest BCUT2D eigenvalue weighted by atomic mass is 32.2. The minimum Gasteiger partial charge on any atom is -0.488 e. The van der Waals surface area contributed by atoms with E-state index < -0.39 is 35.2 Å². The maximum absolute atomic E-state index is 13.8. The second-order valence-electron chi connectivity index (χ2n) is 7.39. The van der Waals surface area contributed by atoms with Gasteiger partial charge in [0, 0.05) is 11.6 Å². The van der Waals surface area contributed by atoms with Gasteiger partial charge in [-0.25, -0.2) is 13.2 Å². The van der Waals surface area contributed by atoms with E-state index in [0.29, 0.717) is 29.1 Å². The van der Waals surface area contributed by atoms with Crippen LogP contribution in [-0.4, -0.2) is 28.5 Å². The molecule has 0 saturated carbocycles. The van der Waals surface area contributed by atoms with Gasteiger partial charge in [-0.3, -0.25) is 19.3 Å². The van der Waals surface area contributed by atoms with Crippen molar-refractivity contribution in [3.8, 4) is 5.75 Å². The number of carbonyl (C=O) groups excluding carboxylic acids is 3. The Morgan fingerprint density at radius 2 is 1.69 bits per heavy atom. The first-order valence-corrected chi connectivity index (χ1v) is 11.1. The van der Waals surface area contributed by atoms with Crippen LogP contribution < -0.4 is 10.1 Å². The molecule has 6 nitrogen and oxygen atoms in total. The van der Waals surface area contributed by atoms with Gasteiger partial charge in [0.15, 0.2) is 0 Å². The van der Waals surface area contributed by atoms with Gasteiger partial charge in [-0.2, -0.15) is 0 Å². The van der Waals surface area contributed by atoms with Crippen molar-refractivity contribution in [2.24, 2.45) is 0 Å². The van der Waals surface area contributed by atoms with Crippen molar-refractivity contribution in [2.45, 2.75) is 6.61 Å². The molecule has 0 bridgehead atoms. The molecule has 0 spiro atoms. The lowest BCUT2D eigenvalue weighted by Gasteiger charge is -2.13. The van der Waals surface area contributed by atoms with Crippen LogP contribution in [0.1, 0.15) is 11.1 Å². The van der Waals surface area contributed by atoms with Gasteiger partial charge in [0.2, 0.25) is 5.91 Å². The van der Waals surface area contributed by atoms with Gasteiger partial charge < -0.3 is 10.1 Å². The van der Waals surface area contributed by atoms with E-state index in [9.17, 15) is 27.6 Å². The number of rotatable bonds is 7. The van der Waals surface area contributed by atoms with Crippen molar-refractivity contribution < 1.29 is 32.3 Å². The molecule has 1 aliphatic heterocycles. The average Bonchev–Trinajstić information content (AvgIpc) is 3.08. The monoisotopic (exact) mass is 498 g/mol. The molecule has 4 rings (SSSR count). The van der Waals surface area contributed by atoms with E-state index in [1.54, 1.807) is 36.4 Å². The maximum Gasteiger partial charge on any atom is 0.294 e. The SMILES string of the molecule is O=C(CN1C(=O)S/C(=C\c2ccccc2OCc2ccc(F)cc2)C1=O)Nc1ccc(F)cc1F. The van der Waals surface area contributed by atoms with Crippen LogP contribution in [0.15, 0.2) is 71.6 Å². The number of anilines is 1. The van der Waals surface area contributed by atoms with E-state index in [2.05, 4.69) is 5.32 Å². The molecule has 0 aliphatic carbocycles. The fourth-order valence-corrected chi connectivity index (χ4v) is 4.00. The first-order chi connectivity index (χ1) is 16.8. The van der Waals surface area contributed by atoms with Crippen molar-refractivity contribution in [1.29, 1.82) is 0 Å². The molecule has 0 aromatic heterocycles. The summed E-state index contributed by atoms with van der Waals surface area (Å²) in [5.41, 5.74) is 0.995. The van der Waals surface area contributed by atoms with E-state index in [4.69, 9.17) is 4.74 Å². The number of hydrogen-bond donors (Lipinski definition) is 1. The van der Waals surface area contributed by atoms with Crippen molar-refractivity contribution >= 4 is 40.6 Å². The van der Waals surface area contributed by atoms with Gasteiger partial charge in [0.25, 0.3) is 11.1 Å².